The van der Waals surface area contributed by atoms with Gasteiger partial charge in [0.05, 0.1) is 16.9 Å². The Hall–Kier alpha value is -0.360. The third-order valence-corrected chi connectivity index (χ3v) is 6.68. The van der Waals surface area contributed by atoms with Gasteiger partial charge in [-0.1, -0.05) is 15.9 Å². The van der Waals surface area contributed by atoms with Gasteiger partial charge in [0.15, 0.2) is 0 Å². The first-order chi connectivity index (χ1) is 9.90. The highest BCUT2D eigenvalue weighted by Crippen LogP contribution is 2.42. The van der Waals surface area contributed by atoms with E-state index in [1.54, 1.807) is 18.4 Å². The number of nitrogens with one attached hydrogen (secondary N) is 1. The summed E-state index contributed by atoms with van der Waals surface area (Å²) >= 11 is 9.04. The first-order valence-electron chi connectivity index (χ1n) is 6.67. The van der Waals surface area contributed by atoms with Gasteiger partial charge in [-0.05, 0) is 72.6 Å². The lowest BCUT2D eigenvalue weighted by Crippen LogP contribution is -2.19. The summed E-state index contributed by atoms with van der Waals surface area (Å²) in [5.74, 6) is 0.956. The molecule has 0 aliphatic rings. The maximum absolute atomic E-state index is 5.69. The van der Waals surface area contributed by atoms with Gasteiger partial charge in [-0.15, -0.1) is 11.3 Å². The quantitative estimate of drug-likeness (QED) is 0.686. The van der Waals surface area contributed by atoms with Crippen LogP contribution in [0.3, 0.4) is 0 Å². The van der Waals surface area contributed by atoms with Crippen LogP contribution in [0.1, 0.15) is 33.2 Å². The van der Waals surface area contributed by atoms with Gasteiger partial charge < -0.3 is 10.1 Å². The van der Waals surface area contributed by atoms with Crippen molar-refractivity contribution in [1.82, 2.24) is 5.32 Å². The third kappa shape index (κ3) is 3.21. The number of hydrogen-bond donors (Lipinski definition) is 1. The molecule has 0 amide bonds. The van der Waals surface area contributed by atoms with E-state index < -0.39 is 0 Å². The molecular weight excluding hydrogens is 414 g/mol. The normalized spacial score (nSPS) is 12.5. The van der Waals surface area contributed by atoms with Gasteiger partial charge in [0.2, 0.25) is 0 Å². The molecule has 0 bridgehead atoms. The molecule has 2 rings (SSSR count). The van der Waals surface area contributed by atoms with Crippen molar-refractivity contribution in [3.63, 3.8) is 0 Å². The van der Waals surface area contributed by atoms with Gasteiger partial charge in [-0.3, -0.25) is 0 Å². The third-order valence-electron chi connectivity index (χ3n) is 3.65. The van der Waals surface area contributed by atoms with Crippen LogP contribution in [0, 0.1) is 20.8 Å². The molecule has 0 saturated carbocycles. The lowest BCUT2D eigenvalue weighted by atomic mass is 9.96. The summed E-state index contributed by atoms with van der Waals surface area (Å²) in [6.07, 6.45) is 0. The van der Waals surface area contributed by atoms with Crippen LogP contribution < -0.4 is 10.1 Å². The Morgan fingerprint density at radius 2 is 1.81 bits per heavy atom. The summed E-state index contributed by atoms with van der Waals surface area (Å²) in [6, 6.07) is 4.46. The fraction of sp³-hybridized carbons (Fsp3) is 0.375. The van der Waals surface area contributed by atoms with Crippen molar-refractivity contribution >= 4 is 43.2 Å². The highest BCUT2D eigenvalue weighted by Gasteiger charge is 2.24. The van der Waals surface area contributed by atoms with Crippen LogP contribution in [0.25, 0.3) is 0 Å². The van der Waals surface area contributed by atoms with E-state index >= 15 is 0 Å². The van der Waals surface area contributed by atoms with Crippen LogP contribution in [0.5, 0.6) is 5.75 Å². The number of ether oxygens (including phenoxy) is 1. The molecule has 1 unspecified atom stereocenters. The molecule has 0 saturated heterocycles. The maximum atomic E-state index is 5.69. The summed E-state index contributed by atoms with van der Waals surface area (Å²) in [4.78, 5) is 1.28. The fourth-order valence-electron chi connectivity index (χ4n) is 2.55. The number of aryl methyl sites for hydroxylation is 2. The van der Waals surface area contributed by atoms with Crippen molar-refractivity contribution < 1.29 is 4.74 Å². The predicted octanol–water partition coefficient (Wildman–Crippen LogP) is 5.52. The molecule has 1 aromatic heterocycles. The molecule has 0 spiro atoms. The van der Waals surface area contributed by atoms with Gasteiger partial charge in [0.1, 0.15) is 5.75 Å². The van der Waals surface area contributed by atoms with Gasteiger partial charge in [-0.25, -0.2) is 0 Å². The standard InChI is InChI=1S/C16H19Br2NOS/c1-8-6-11(17)10(3)13(15(8)20-5)14(19-4)12-7-9(2)16(18)21-12/h6-7,14,19H,1-5H3. The van der Waals surface area contributed by atoms with Crippen LogP contribution in [0.4, 0.5) is 0 Å². The van der Waals surface area contributed by atoms with Crippen molar-refractivity contribution in [3.8, 4) is 5.75 Å². The molecule has 1 atom stereocenters. The zero-order valence-corrected chi connectivity index (χ0v) is 16.8. The molecule has 114 valence electrons. The number of rotatable bonds is 4. The molecule has 1 N–H and O–H groups in total. The molecule has 21 heavy (non-hydrogen) atoms. The second-order valence-electron chi connectivity index (χ2n) is 5.07. The molecule has 0 fully saturated rings. The number of benzene rings is 1. The van der Waals surface area contributed by atoms with Crippen molar-refractivity contribution in [3.05, 3.63) is 47.5 Å². The topological polar surface area (TPSA) is 21.3 Å². The zero-order valence-electron chi connectivity index (χ0n) is 12.8. The van der Waals surface area contributed by atoms with Crippen LogP contribution in [-0.2, 0) is 0 Å². The van der Waals surface area contributed by atoms with E-state index in [-0.39, 0.29) is 6.04 Å². The van der Waals surface area contributed by atoms with Crippen LogP contribution in [-0.4, -0.2) is 14.2 Å². The number of methoxy groups -OCH3 is 1. The number of halogens is 2. The minimum Gasteiger partial charge on any atom is -0.496 e. The van der Waals surface area contributed by atoms with Crippen LogP contribution in [0.15, 0.2) is 20.4 Å². The van der Waals surface area contributed by atoms with Gasteiger partial charge in [0, 0.05) is 14.9 Å². The summed E-state index contributed by atoms with van der Waals surface area (Å²) in [6.45, 7) is 6.32. The largest absolute Gasteiger partial charge is 0.496 e. The van der Waals surface area contributed by atoms with Gasteiger partial charge >= 0.3 is 0 Å². The second kappa shape index (κ2) is 6.82. The van der Waals surface area contributed by atoms with Gasteiger partial charge in [0.25, 0.3) is 0 Å². The van der Waals surface area contributed by atoms with Gasteiger partial charge in [-0.2, -0.15) is 0 Å². The SMILES string of the molecule is CNC(c1cc(C)c(Br)s1)c1c(C)c(Br)cc(C)c1OC. The predicted molar refractivity (Wildman–Crippen MR) is 97.8 cm³/mol. The van der Waals surface area contributed by atoms with E-state index in [1.807, 2.05) is 7.05 Å². The Morgan fingerprint density at radius 1 is 1.14 bits per heavy atom. The van der Waals surface area contributed by atoms with Crippen molar-refractivity contribution in [2.45, 2.75) is 26.8 Å². The van der Waals surface area contributed by atoms with E-state index in [1.165, 1.54) is 25.4 Å². The number of hydrogen-bond acceptors (Lipinski definition) is 3. The smallest absolute Gasteiger partial charge is 0.127 e. The Kier molecular flexibility index (Phi) is 5.52. The van der Waals surface area contributed by atoms with E-state index in [0.29, 0.717) is 0 Å². The monoisotopic (exact) mass is 431 g/mol. The second-order valence-corrected chi connectivity index (χ2v) is 8.33. The molecule has 1 aromatic carbocycles. The highest BCUT2D eigenvalue weighted by molar-refractivity contribution is 9.11. The van der Waals surface area contributed by atoms with Crippen molar-refractivity contribution in [1.29, 1.82) is 0 Å². The summed E-state index contributed by atoms with van der Waals surface area (Å²) in [5, 5.41) is 3.43. The molecule has 0 aliphatic heterocycles. The van der Waals surface area contributed by atoms with Crippen molar-refractivity contribution in [2.75, 3.05) is 14.2 Å². The summed E-state index contributed by atoms with van der Waals surface area (Å²) in [5.41, 5.74) is 4.80. The molecule has 0 radical (unpaired) electrons. The van der Waals surface area contributed by atoms with E-state index in [4.69, 9.17) is 4.74 Å². The molecule has 2 aromatic rings. The summed E-state index contributed by atoms with van der Waals surface area (Å²) in [7, 11) is 3.73. The van der Waals surface area contributed by atoms with E-state index in [0.717, 1.165) is 15.8 Å². The first kappa shape index (κ1) is 17.0. The first-order valence-corrected chi connectivity index (χ1v) is 9.07. The Bertz CT molecular complexity index is 647. The van der Waals surface area contributed by atoms with Crippen LogP contribution >= 0.6 is 43.2 Å². The lowest BCUT2D eigenvalue weighted by Gasteiger charge is -2.23. The van der Waals surface area contributed by atoms with Crippen LogP contribution in [0.2, 0.25) is 0 Å². The molecule has 5 heteroatoms. The minimum absolute atomic E-state index is 0.117. The molecular formula is C16H19Br2NOS. The minimum atomic E-state index is 0.117. The Balaban J connectivity index is 2.67. The van der Waals surface area contributed by atoms with E-state index in [9.17, 15) is 0 Å². The average Bonchev–Trinajstić information content (AvgIpc) is 2.76. The molecule has 1 heterocycles. The fourth-order valence-corrected chi connectivity index (χ4v) is 4.80. The zero-order chi connectivity index (χ0) is 15.7. The van der Waals surface area contributed by atoms with Crippen molar-refractivity contribution in [2.24, 2.45) is 0 Å². The Labute approximate surface area is 147 Å². The lowest BCUT2D eigenvalue weighted by molar-refractivity contribution is 0.402. The maximum Gasteiger partial charge on any atom is 0.127 e. The molecule has 0 aliphatic carbocycles. The highest BCUT2D eigenvalue weighted by atomic mass is 79.9. The average molecular weight is 433 g/mol. The van der Waals surface area contributed by atoms with E-state index in [2.05, 4.69) is 70.1 Å². The Morgan fingerprint density at radius 3 is 2.29 bits per heavy atom. The summed E-state index contributed by atoms with van der Waals surface area (Å²) < 4.78 is 7.98. The number of thiophene rings is 1. The molecule has 2 nitrogen and oxygen atoms in total.